The lowest BCUT2D eigenvalue weighted by Gasteiger charge is -2.31. The van der Waals surface area contributed by atoms with E-state index in [2.05, 4.69) is 21.9 Å². The van der Waals surface area contributed by atoms with Crippen LogP contribution in [0.25, 0.3) is 0 Å². The van der Waals surface area contributed by atoms with Crippen molar-refractivity contribution in [1.82, 2.24) is 10.0 Å². The Morgan fingerprint density at radius 1 is 1.57 bits per heavy atom. The fourth-order valence-corrected chi connectivity index (χ4v) is 3.02. The molecule has 21 heavy (non-hydrogen) atoms. The molecule has 8 heteroatoms. The first kappa shape index (κ1) is 15.5. The molecular weight excluding hydrogens is 296 g/mol. The van der Waals surface area contributed by atoms with Crippen molar-refractivity contribution in [2.75, 3.05) is 13.1 Å². The molecule has 1 aliphatic heterocycles. The molecule has 1 heterocycles. The molecule has 1 aromatic carbocycles. The number of fused-ring (bicyclic) bond motifs is 1. The van der Waals surface area contributed by atoms with Gasteiger partial charge in [-0.2, -0.15) is 0 Å². The molecule has 2 rings (SSSR count). The summed E-state index contributed by atoms with van der Waals surface area (Å²) in [6, 6.07) is 4.78. The van der Waals surface area contributed by atoms with Gasteiger partial charge < -0.3 is 15.2 Å². The van der Waals surface area contributed by atoms with Crippen molar-refractivity contribution in [2.45, 2.75) is 17.9 Å². The molecule has 0 saturated carbocycles. The van der Waals surface area contributed by atoms with E-state index in [0.717, 1.165) is 0 Å². The lowest BCUT2D eigenvalue weighted by atomic mass is 10.2. The molecule has 114 valence electrons. The van der Waals surface area contributed by atoms with Crippen LogP contribution in [0, 0.1) is 11.8 Å². The monoisotopic (exact) mass is 312 g/mol. The Labute approximate surface area is 123 Å². The quantitative estimate of drug-likeness (QED) is 0.505. The molecule has 0 spiro atoms. The first-order valence-corrected chi connectivity index (χ1v) is 7.72. The molecule has 0 radical (unpaired) electrons. The Bertz CT molecular complexity index is 608. The second-order valence-electron chi connectivity index (χ2n) is 4.45. The number of ether oxygens (including phenoxy) is 1. The van der Waals surface area contributed by atoms with Gasteiger partial charge in [-0.25, -0.2) is 9.52 Å². The molecule has 0 unspecified atom stereocenters. The van der Waals surface area contributed by atoms with Crippen molar-refractivity contribution in [3.8, 4) is 17.6 Å². The van der Waals surface area contributed by atoms with E-state index in [1.165, 1.54) is 0 Å². The number of carboxylic acid groups (broad SMARTS) is 1. The van der Waals surface area contributed by atoms with Gasteiger partial charge in [0.25, 0.3) is 0 Å². The van der Waals surface area contributed by atoms with E-state index in [-0.39, 0.29) is 12.6 Å². The van der Waals surface area contributed by atoms with Gasteiger partial charge in [-0.1, -0.05) is 11.8 Å². The van der Waals surface area contributed by atoms with E-state index >= 15 is 0 Å². The first-order chi connectivity index (χ1) is 9.88. The van der Waals surface area contributed by atoms with Gasteiger partial charge in [0.15, 0.2) is 0 Å². The van der Waals surface area contributed by atoms with Crippen LogP contribution in [0.4, 0.5) is 4.79 Å². The number of hydrogen-bond donors (Lipinski definition) is 5. The fraction of sp³-hybridized carbons (Fsp3) is 0.308. The fourth-order valence-electron chi connectivity index (χ4n) is 1.75. The van der Waals surface area contributed by atoms with E-state index in [1.807, 2.05) is 6.92 Å². The van der Waals surface area contributed by atoms with Crippen LogP contribution in [0.2, 0.25) is 0 Å². The molecule has 1 amide bonds. The molecule has 5 N–H and O–H groups in total. The van der Waals surface area contributed by atoms with Crippen LogP contribution < -0.4 is 14.8 Å². The van der Waals surface area contributed by atoms with E-state index < -0.39 is 16.9 Å². The molecule has 0 fully saturated rings. The summed E-state index contributed by atoms with van der Waals surface area (Å²) in [4.78, 5) is 10.6. The van der Waals surface area contributed by atoms with E-state index in [0.29, 0.717) is 22.8 Å². The zero-order chi connectivity index (χ0) is 15.5. The van der Waals surface area contributed by atoms with Crippen molar-refractivity contribution in [1.29, 1.82) is 0 Å². The van der Waals surface area contributed by atoms with Gasteiger partial charge >= 0.3 is 6.09 Å². The SMILES string of the molecule is C[C@@H]1CNS(O)(O)c2ccc(C#CCNC(=O)O)cc2O1. The van der Waals surface area contributed by atoms with Gasteiger partial charge in [0.05, 0.1) is 13.1 Å². The summed E-state index contributed by atoms with van der Waals surface area (Å²) in [5, 5.41) is 10.6. The minimum Gasteiger partial charge on any atom is -0.487 e. The summed E-state index contributed by atoms with van der Waals surface area (Å²) in [6.45, 7) is 2.15. The number of carbonyl (C=O) groups is 1. The van der Waals surface area contributed by atoms with Crippen LogP contribution in [0.5, 0.6) is 5.75 Å². The summed E-state index contributed by atoms with van der Waals surface area (Å²) in [5.74, 6) is 5.80. The standard InChI is InChI=1S/C13H16N2O5S/c1-9-8-15-21(18,19)12-5-4-10(7-11(12)20-9)3-2-6-14-13(16)17/h4-5,7,9,14-15,18-19H,6,8H2,1H3,(H,16,17)/t9-/m1/s1. The summed E-state index contributed by atoms with van der Waals surface area (Å²) < 4.78 is 28.4. The third-order valence-corrected chi connectivity index (χ3v) is 4.23. The van der Waals surface area contributed by atoms with Gasteiger partial charge in [-0.15, -0.1) is 10.8 Å². The maximum atomic E-state index is 10.3. The first-order valence-electron chi connectivity index (χ1n) is 6.18. The van der Waals surface area contributed by atoms with Crippen LogP contribution >= 0.6 is 10.8 Å². The number of rotatable bonds is 1. The number of nitrogens with one attached hydrogen (secondary N) is 2. The lowest BCUT2D eigenvalue weighted by Crippen LogP contribution is -2.27. The van der Waals surface area contributed by atoms with Gasteiger partial charge in [0.1, 0.15) is 16.7 Å². The van der Waals surface area contributed by atoms with Gasteiger partial charge in [0, 0.05) is 5.56 Å². The second-order valence-corrected chi connectivity index (χ2v) is 6.27. The van der Waals surface area contributed by atoms with E-state index in [9.17, 15) is 13.9 Å². The molecule has 1 aromatic rings. The third kappa shape index (κ3) is 4.03. The number of benzene rings is 1. The topological polar surface area (TPSA) is 111 Å². The number of hydrogen-bond acceptors (Lipinski definition) is 5. The van der Waals surface area contributed by atoms with Gasteiger partial charge in [-0.05, 0) is 25.1 Å². The van der Waals surface area contributed by atoms with Gasteiger partial charge in [0.2, 0.25) is 0 Å². The minimum atomic E-state index is -3.08. The second kappa shape index (κ2) is 6.24. The summed E-state index contributed by atoms with van der Waals surface area (Å²) in [6.07, 6.45) is -1.35. The highest BCUT2D eigenvalue weighted by molar-refractivity contribution is 8.22. The van der Waals surface area contributed by atoms with Crippen molar-refractivity contribution in [2.24, 2.45) is 0 Å². The van der Waals surface area contributed by atoms with Crippen LogP contribution in [-0.2, 0) is 0 Å². The maximum Gasteiger partial charge on any atom is 0.405 e. The molecular formula is C13H16N2O5S. The maximum absolute atomic E-state index is 10.3. The van der Waals surface area contributed by atoms with Crippen LogP contribution in [0.15, 0.2) is 23.1 Å². The predicted octanol–water partition coefficient (Wildman–Crippen LogP) is 1.70. The average Bonchev–Trinajstić information content (AvgIpc) is 2.51. The van der Waals surface area contributed by atoms with Crippen molar-refractivity contribution in [3.05, 3.63) is 23.8 Å². The number of amides is 1. The highest BCUT2D eigenvalue weighted by Gasteiger charge is 2.26. The zero-order valence-electron chi connectivity index (χ0n) is 11.3. The average molecular weight is 312 g/mol. The van der Waals surface area contributed by atoms with Crippen molar-refractivity contribution >= 4 is 16.9 Å². The zero-order valence-corrected chi connectivity index (χ0v) is 12.1. The van der Waals surface area contributed by atoms with Gasteiger partial charge in [-0.3, -0.25) is 9.11 Å². The smallest absolute Gasteiger partial charge is 0.405 e. The van der Waals surface area contributed by atoms with Crippen LogP contribution in [0.3, 0.4) is 0 Å². The van der Waals surface area contributed by atoms with Crippen molar-refractivity contribution < 1.29 is 23.7 Å². The molecule has 1 atom stereocenters. The predicted molar refractivity (Wildman–Crippen MR) is 78.6 cm³/mol. The Morgan fingerprint density at radius 2 is 2.33 bits per heavy atom. The Hall–Kier alpha value is -1.92. The lowest BCUT2D eigenvalue weighted by molar-refractivity contribution is 0.196. The summed E-state index contributed by atoms with van der Waals surface area (Å²) in [5.41, 5.74) is 0.602. The molecule has 1 aliphatic rings. The normalized spacial score (nSPS) is 20.8. The third-order valence-electron chi connectivity index (χ3n) is 2.71. The Balaban J connectivity index is 2.23. The summed E-state index contributed by atoms with van der Waals surface area (Å²) in [7, 11) is -3.08. The molecule has 7 nitrogen and oxygen atoms in total. The van der Waals surface area contributed by atoms with Crippen molar-refractivity contribution in [3.63, 3.8) is 0 Å². The minimum absolute atomic E-state index is 0.0143. The van der Waals surface area contributed by atoms with Crippen LogP contribution in [0.1, 0.15) is 12.5 Å². The largest absolute Gasteiger partial charge is 0.487 e. The highest BCUT2D eigenvalue weighted by atomic mass is 32.3. The Morgan fingerprint density at radius 3 is 3.05 bits per heavy atom. The molecule has 0 aliphatic carbocycles. The van der Waals surface area contributed by atoms with Crippen LogP contribution in [-0.4, -0.2) is 39.5 Å². The molecule has 0 aromatic heterocycles. The van der Waals surface area contributed by atoms with E-state index in [4.69, 9.17) is 9.84 Å². The highest BCUT2D eigenvalue weighted by Crippen LogP contribution is 2.50. The Kier molecular flexibility index (Phi) is 4.59. The molecule has 0 saturated heterocycles. The van der Waals surface area contributed by atoms with E-state index in [1.54, 1.807) is 18.2 Å². The molecule has 0 bridgehead atoms. The summed E-state index contributed by atoms with van der Waals surface area (Å²) >= 11 is 0.